The molecule has 0 radical (unpaired) electrons. The minimum absolute atomic E-state index is 0.115. The maximum Gasteiger partial charge on any atom is 0.239 e. The molecule has 0 aliphatic rings. The lowest BCUT2D eigenvalue weighted by molar-refractivity contribution is 0.599. The summed E-state index contributed by atoms with van der Waals surface area (Å²) in [5, 5.41) is 8.76. The fraction of sp³-hybridized carbons (Fsp3) is 0.125. The van der Waals surface area contributed by atoms with Crippen molar-refractivity contribution >= 4 is 27.0 Å². The molecule has 2 aromatic carbocycles. The molecule has 0 fully saturated rings. The lowest BCUT2D eigenvalue weighted by Gasteiger charge is -2.08. The molecule has 0 saturated heterocycles. The fourth-order valence-corrected chi connectivity index (χ4v) is 3.50. The van der Waals surface area contributed by atoms with Gasteiger partial charge in [0.05, 0.1) is 28.4 Å². The van der Waals surface area contributed by atoms with Crippen LogP contribution in [0.5, 0.6) is 0 Å². The number of halogens is 1. The molecule has 0 aliphatic heterocycles. The molecule has 0 bridgehead atoms. The molecular formula is C16H13FN4O2S. The van der Waals surface area contributed by atoms with E-state index in [2.05, 4.69) is 9.71 Å². The Morgan fingerprint density at radius 1 is 1.25 bits per heavy atom. The zero-order valence-corrected chi connectivity index (χ0v) is 13.5. The van der Waals surface area contributed by atoms with Crippen molar-refractivity contribution in [3.63, 3.8) is 0 Å². The smallest absolute Gasteiger partial charge is 0.239 e. The first kappa shape index (κ1) is 16.0. The third-order valence-electron chi connectivity index (χ3n) is 3.53. The summed E-state index contributed by atoms with van der Waals surface area (Å²) >= 11 is 0. The van der Waals surface area contributed by atoms with Crippen molar-refractivity contribution in [3.8, 4) is 6.07 Å². The molecule has 0 amide bonds. The van der Waals surface area contributed by atoms with Gasteiger partial charge in [0.1, 0.15) is 5.82 Å². The van der Waals surface area contributed by atoms with Crippen LogP contribution in [0.4, 0.5) is 10.3 Å². The summed E-state index contributed by atoms with van der Waals surface area (Å²) < 4.78 is 41.8. The number of fused-ring (bicyclic) bond motifs is 1. The predicted octanol–water partition coefficient (Wildman–Crippen LogP) is 2.53. The van der Waals surface area contributed by atoms with Gasteiger partial charge in [0, 0.05) is 13.1 Å². The van der Waals surface area contributed by atoms with Gasteiger partial charge >= 0.3 is 0 Å². The number of nitrogens with one attached hydrogen (secondary N) is 1. The second kappa shape index (κ2) is 5.94. The zero-order chi connectivity index (χ0) is 17.3. The molecule has 24 heavy (non-hydrogen) atoms. The Bertz CT molecular complexity index is 1050. The Kier molecular flexibility index (Phi) is 3.95. The topological polar surface area (TPSA) is 87.8 Å². The van der Waals surface area contributed by atoms with E-state index in [0.717, 1.165) is 0 Å². The molecular weight excluding hydrogens is 331 g/mol. The molecule has 0 aliphatic carbocycles. The molecule has 1 N–H and O–H groups in total. The molecule has 0 unspecified atom stereocenters. The van der Waals surface area contributed by atoms with Crippen LogP contribution in [0.15, 0.2) is 42.5 Å². The Labute approximate surface area is 138 Å². The van der Waals surface area contributed by atoms with Crippen molar-refractivity contribution in [2.45, 2.75) is 5.75 Å². The van der Waals surface area contributed by atoms with Crippen LogP contribution in [0.3, 0.4) is 0 Å². The summed E-state index contributed by atoms with van der Waals surface area (Å²) in [5.41, 5.74) is 1.99. The van der Waals surface area contributed by atoms with Gasteiger partial charge in [-0.25, -0.2) is 17.8 Å². The lowest BCUT2D eigenvalue weighted by atomic mass is 10.2. The van der Waals surface area contributed by atoms with Crippen LogP contribution < -0.4 is 4.72 Å². The standard InChI is InChI=1S/C16H13FN4O2S/c1-21-15-7-6-13(17)8-14(15)19-16(21)20-24(22,23)10-12-4-2-11(9-18)3-5-12/h2-8H,10H2,1H3,(H,19,20). The number of hydrogen-bond donors (Lipinski definition) is 1. The largest absolute Gasteiger partial charge is 0.313 e. The monoisotopic (exact) mass is 344 g/mol. The minimum atomic E-state index is -3.70. The maximum atomic E-state index is 13.3. The number of nitriles is 1. The summed E-state index contributed by atoms with van der Waals surface area (Å²) in [7, 11) is -2.05. The van der Waals surface area contributed by atoms with E-state index in [9.17, 15) is 12.8 Å². The van der Waals surface area contributed by atoms with Gasteiger partial charge in [-0.1, -0.05) is 12.1 Å². The number of aryl methyl sites for hydroxylation is 1. The van der Waals surface area contributed by atoms with Crippen LogP contribution in [0.25, 0.3) is 11.0 Å². The van der Waals surface area contributed by atoms with Crippen molar-refractivity contribution in [1.82, 2.24) is 9.55 Å². The van der Waals surface area contributed by atoms with E-state index in [1.165, 1.54) is 18.2 Å². The number of imidazole rings is 1. The summed E-state index contributed by atoms with van der Waals surface area (Å²) in [6.07, 6.45) is 0. The van der Waals surface area contributed by atoms with Gasteiger partial charge < -0.3 is 4.57 Å². The van der Waals surface area contributed by atoms with E-state index in [4.69, 9.17) is 5.26 Å². The lowest BCUT2D eigenvalue weighted by Crippen LogP contribution is -2.17. The first-order chi connectivity index (χ1) is 11.4. The normalized spacial score (nSPS) is 11.4. The molecule has 6 nitrogen and oxygen atoms in total. The van der Waals surface area contributed by atoms with Crippen LogP contribution in [0.1, 0.15) is 11.1 Å². The van der Waals surface area contributed by atoms with Gasteiger partial charge in [-0.2, -0.15) is 5.26 Å². The molecule has 1 aromatic heterocycles. The number of nitrogens with zero attached hydrogens (tertiary/aromatic N) is 3. The van der Waals surface area contributed by atoms with Crippen molar-refractivity contribution in [2.75, 3.05) is 4.72 Å². The van der Waals surface area contributed by atoms with Gasteiger partial charge in [0.25, 0.3) is 0 Å². The van der Waals surface area contributed by atoms with E-state index < -0.39 is 15.8 Å². The van der Waals surface area contributed by atoms with Crippen LogP contribution >= 0.6 is 0 Å². The Morgan fingerprint density at radius 2 is 1.96 bits per heavy atom. The van der Waals surface area contributed by atoms with E-state index in [0.29, 0.717) is 22.2 Å². The Balaban J connectivity index is 1.86. The number of anilines is 1. The highest BCUT2D eigenvalue weighted by Crippen LogP contribution is 2.20. The molecule has 8 heteroatoms. The van der Waals surface area contributed by atoms with Gasteiger partial charge in [-0.05, 0) is 29.8 Å². The van der Waals surface area contributed by atoms with Crippen LogP contribution in [0, 0.1) is 17.1 Å². The Hall–Kier alpha value is -2.92. The van der Waals surface area contributed by atoms with E-state index in [1.54, 1.807) is 35.9 Å². The second-order valence-corrected chi connectivity index (χ2v) is 7.02. The number of hydrogen-bond acceptors (Lipinski definition) is 4. The highest BCUT2D eigenvalue weighted by atomic mass is 32.2. The average Bonchev–Trinajstić information content (AvgIpc) is 2.82. The molecule has 122 valence electrons. The first-order valence-corrected chi connectivity index (χ1v) is 8.65. The third-order valence-corrected chi connectivity index (χ3v) is 4.74. The molecule has 1 heterocycles. The SMILES string of the molecule is Cn1c(NS(=O)(=O)Cc2ccc(C#N)cc2)nc2cc(F)ccc21. The van der Waals surface area contributed by atoms with Gasteiger partial charge in [0.2, 0.25) is 16.0 Å². The molecule has 3 rings (SSSR count). The van der Waals surface area contributed by atoms with Crippen LogP contribution in [0.2, 0.25) is 0 Å². The molecule has 0 atom stereocenters. The Morgan fingerprint density at radius 3 is 2.62 bits per heavy atom. The summed E-state index contributed by atoms with van der Waals surface area (Å²) in [4.78, 5) is 4.12. The first-order valence-electron chi connectivity index (χ1n) is 6.99. The van der Waals surface area contributed by atoms with Gasteiger partial charge in [-0.3, -0.25) is 4.72 Å². The zero-order valence-electron chi connectivity index (χ0n) is 12.7. The minimum Gasteiger partial charge on any atom is -0.313 e. The van der Waals surface area contributed by atoms with Crippen LogP contribution in [-0.2, 0) is 22.8 Å². The number of rotatable bonds is 4. The number of sulfonamides is 1. The van der Waals surface area contributed by atoms with Crippen molar-refractivity contribution in [3.05, 3.63) is 59.4 Å². The quantitative estimate of drug-likeness (QED) is 0.788. The summed E-state index contributed by atoms with van der Waals surface area (Å²) in [6.45, 7) is 0. The highest BCUT2D eigenvalue weighted by Gasteiger charge is 2.16. The van der Waals surface area contributed by atoms with Gasteiger partial charge in [0.15, 0.2) is 0 Å². The van der Waals surface area contributed by atoms with Crippen molar-refractivity contribution in [2.24, 2.45) is 7.05 Å². The molecule has 0 spiro atoms. The summed E-state index contributed by atoms with van der Waals surface area (Å²) in [5.74, 6) is -0.576. The third kappa shape index (κ3) is 3.21. The molecule has 0 saturated carbocycles. The van der Waals surface area contributed by atoms with E-state index in [-0.39, 0.29) is 11.7 Å². The number of benzene rings is 2. The van der Waals surface area contributed by atoms with Crippen LogP contribution in [-0.4, -0.2) is 18.0 Å². The summed E-state index contributed by atoms with van der Waals surface area (Å²) in [6, 6.07) is 12.3. The second-order valence-electron chi connectivity index (χ2n) is 5.30. The molecule has 3 aromatic rings. The highest BCUT2D eigenvalue weighted by molar-refractivity contribution is 7.91. The maximum absolute atomic E-state index is 13.3. The fourth-order valence-electron chi connectivity index (χ4n) is 2.33. The van der Waals surface area contributed by atoms with E-state index in [1.807, 2.05) is 6.07 Å². The van der Waals surface area contributed by atoms with Gasteiger partial charge in [-0.15, -0.1) is 0 Å². The average molecular weight is 344 g/mol. The van der Waals surface area contributed by atoms with Crippen molar-refractivity contribution < 1.29 is 12.8 Å². The van der Waals surface area contributed by atoms with Crippen molar-refractivity contribution in [1.29, 1.82) is 5.26 Å². The van der Waals surface area contributed by atoms with E-state index >= 15 is 0 Å². The number of aromatic nitrogens is 2. The predicted molar refractivity (Wildman–Crippen MR) is 88.1 cm³/mol.